The fourth-order valence-corrected chi connectivity index (χ4v) is 3.15. The van der Waals surface area contributed by atoms with Crippen LogP contribution in [-0.4, -0.2) is 38.3 Å². The molecule has 9 heteroatoms. The van der Waals surface area contributed by atoms with Gasteiger partial charge in [-0.1, -0.05) is 6.92 Å². The first-order valence-corrected chi connectivity index (χ1v) is 8.01. The first kappa shape index (κ1) is 18.4. The van der Waals surface area contributed by atoms with E-state index in [1.165, 1.54) is 0 Å². The van der Waals surface area contributed by atoms with E-state index in [0.29, 0.717) is 18.7 Å². The zero-order valence-corrected chi connectivity index (χ0v) is 13.0. The molecular formula is C13H17F3N2O3S. The number of benzene rings is 1. The zero-order valence-electron chi connectivity index (χ0n) is 12.1. The van der Waals surface area contributed by atoms with Crippen LogP contribution in [0.2, 0.25) is 0 Å². The van der Waals surface area contributed by atoms with Gasteiger partial charge < -0.3 is 5.32 Å². The molecule has 0 aromatic heterocycles. The monoisotopic (exact) mass is 338 g/mol. The van der Waals surface area contributed by atoms with Crippen LogP contribution in [0.25, 0.3) is 0 Å². The van der Waals surface area contributed by atoms with Gasteiger partial charge in [-0.2, -0.15) is 17.5 Å². The third kappa shape index (κ3) is 4.44. The van der Waals surface area contributed by atoms with Crippen molar-refractivity contribution in [2.75, 3.05) is 19.6 Å². The number of carbonyl (C=O) groups excluding carboxylic acids is 1. The lowest BCUT2D eigenvalue weighted by Gasteiger charge is -2.20. The first-order chi connectivity index (χ1) is 10.1. The van der Waals surface area contributed by atoms with Gasteiger partial charge in [-0.15, -0.1) is 0 Å². The predicted molar refractivity (Wildman–Crippen MR) is 74.6 cm³/mol. The highest BCUT2D eigenvalue weighted by Gasteiger charge is 2.31. The second kappa shape index (κ2) is 7.10. The Bertz CT molecular complexity index is 612. The van der Waals surface area contributed by atoms with Crippen LogP contribution in [0, 0.1) is 0 Å². The lowest BCUT2D eigenvalue weighted by atomic mass is 10.2. The Morgan fingerprint density at radius 2 is 1.73 bits per heavy atom. The van der Waals surface area contributed by atoms with Gasteiger partial charge >= 0.3 is 6.18 Å². The molecule has 0 atom stereocenters. The molecular weight excluding hydrogens is 321 g/mol. The molecule has 1 N–H and O–H groups in total. The molecule has 0 saturated carbocycles. The molecule has 5 nitrogen and oxygen atoms in total. The molecule has 22 heavy (non-hydrogen) atoms. The summed E-state index contributed by atoms with van der Waals surface area (Å²) in [4.78, 5) is 11.2. The summed E-state index contributed by atoms with van der Waals surface area (Å²) in [5, 5.41) is 2.47. The molecule has 0 spiro atoms. The van der Waals surface area contributed by atoms with Crippen LogP contribution in [0.5, 0.6) is 0 Å². The van der Waals surface area contributed by atoms with Crippen molar-refractivity contribution in [3.05, 3.63) is 29.8 Å². The second-order valence-electron chi connectivity index (χ2n) is 4.41. The molecule has 1 amide bonds. The normalized spacial score (nSPS) is 12.5. The molecule has 0 aliphatic rings. The van der Waals surface area contributed by atoms with E-state index < -0.39 is 27.7 Å². The van der Waals surface area contributed by atoms with Crippen LogP contribution >= 0.6 is 0 Å². The average molecular weight is 338 g/mol. The average Bonchev–Trinajstić information content (AvgIpc) is 2.44. The van der Waals surface area contributed by atoms with E-state index in [-0.39, 0.29) is 18.0 Å². The smallest absolute Gasteiger partial charge is 0.355 e. The summed E-state index contributed by atoms with van der Waals surface area (Å²) in [6.45, 7) is 3.24. The van der Waals surface area contributed by atoms with E-state index in [1.54, 1.807) is 13.8 Å². The van der Waals surface area contributed by atoms with Gasteiger partial charge in [-0.05, 0) is 31.2 Å². The topological polar surface area (TPSA) is 66.5 Å². The summed E-state index contributed by atoms with van der Waals surface area (Å²) in [6.07, 6.45) is -4.53. The number of likely N-dealkylation sites (N-methyl/N-ethyl adjacent to an activating group) is 2. The highest BCUT2D eigenvalue weighted by Crippen LogP contribution is 2.30. The lowest BCUT2D eigenvalue weighted by molar-refractivity contribution is -0.137. The SMILES string of the molecule is CCNC(=O)CN(CC)S(=O)(=O)c1ccc(C(F)(F)F)cc1. The van der Waals surface area contributed by atoms with Crippen LogP contribution < -0.4 is 5.32 Å². The number of carbonyl (C=O) groups is 1. The minimum Gasteiger partial charge on any atom is -0.355 e. The van der Waals surface area contributed by atoms with Crippen molar-refractivity contribution in [1.82, 2.24) is 9.62 Å². The van der Waals surface area contributed by atoms with Gasteiger partial charge in [-0.25, -0.2) is 8.42 Å². The molecule has 0 radical (unpaired) electrons. The number of nitrogens with one attached hydrogen (secondary N) is 1. The molecule has 124 valence electrons. The Morgan fingerprint density at radius 3 is 2.14 bits per heavy atom. The van der Waals surface area contributed by atoms with Crippen LogP contribution in [0.1, 0.15) is 19.4 Å². The molecule has 1 aromatic rings. The Labute approximate surface area is 127 Å². The Balaban J connectivity index is 3.03. The van der Waals surface area contributed by atoms with Crippen molar-refractivity contribution in [3.63, 3.8) is 0 Å². The highest BCUT2D eigenvalue weighted by atomic mass is 32.2. The minimum atomic E-state index is -4.53. The van der Waals surface area contributed by atoms with Gasteiger partial charge in [0.05, 0.1) is 17.0 Å². The summed E-state index contributed by atoms with van der Waals surface area (Å²) in [5.41, 5.74) is -0.932. The number of sulfonamides is 1. The van der Waals surface area contributed by atoms with Crippen molar-refractivity contribution < 1.29 is 26.4 Å². The van der Waals surface area contributed by atoms with E-state index in [1.807, 2.05) is 0 Å². The number of nitrogens with zero attached hydrogens (tertiary/aromatic N) is 1. The van der Waals surface area contributed by atoms with Gasteiger partial charge in [0.2, 0.25) is 15.9 Å². The summed E-state index contributed by atoms with van der Waals surface area (Å²) in [5.74, 6) is -0.472. The highest BCUT2D eigenvalue weighted by molar-refractivity contribution is 7.89. The maximum absolute atomic E-state index is 12.5. The number of alkyl halides is 3. The fraction of sp³-hybridized carbons (Fsp3) is 0.462. The molecule has 1 rings (SSSR count). The lowest BCUT2D eigenvalue weighted by Crippen LogP contribution is -2.40. The summed E-state index contributed by atoms with van der Waals surface area (Å²) in [6, 6.07) is 3.18. The molecule has 0 heterocycles. The maximum Gasteiger partial charge on any atom is 0.416 e. The second-order valence-corrected chi connectivity index (χ2v) is 6.34. The van der Waals surface area contributed by atoms with E-state index in [9.17, 15) is 26.4 Å². The van der Waals surface area contributed by atoms with Gasteiger partial charge in [0.1, 0.15) is 0 Å². The van der Waals surface area contributed by atoms with Crippen molar-refractivity contribution in [2.45, 2.75) is 24.9 Å². The van der Waals surface area contributed by atoms with E-state index in [0.717, 1.165) is 16.4 Å². The van der Waals surface area contributed by atoms with Gasteiger partial charge in [0.15, 0.2) is 0 Å². The first-order valence-electron chi connectivity index (χ1n) is 6.57. The third-order valence-electron chi connectivity index (χ3n) is 2.87. The van der Waals surface area contributed by atoms with Gasteiger partial charge in [0.25, 0.3) is 0 Å². The number of rotatable bonds is 6. The van der Waals surface area contributed by atoms with Gasteiger partial charge in [0, 0.05) is 13.1 Å². The minimum absolute atomic E-state index is 0.0283. The molecule has 0 fully saturated rings. The molecule has 1 aromatic carbocycles. The quantitative estimate of drug-likeness (QED) is 0.861. The van der Waals surface area contributed by atoms with Gasteiger partial charge in [-0.3, -0.25) is 4.79 Å². The van der Waals surface area contributed by atoms with E-state index in [2.05, 4.69) is 5.32 Å². The van der Waals surface area contributed by atoms with Crippen molar-refractivity contribution in [3.8, 4) is 0 Å². The predicted octanol–water partition coefficient (Wildman–Crippen LogP) is 1.85. The van der Waals surface area contributed by atoms with Crippen molar-refractivity contribution >= 4 is 15.9 Å². The number of halogens is 3. The molecule has 0 bridgehead atoms. The number of hydrogen-bond acceptors (Lipinski definition) is 3. The zero-order chi connectivity index (χ0) is 17.0. The molecule has 0 unspecified atom stereocenters. The Kier molecular flexibility index (Phi) is 5.95. The van der Waals surface area contributed by atoms with Crippen LogP contribution in [0.15, 0.2) is 29.2 Å². The van der Waals surface area contributed by atoms with Crippen LogP contribution in [-0.2, 0) is 21.0 Å². The van der Waals surface area contributed by atoms with Crippen molar-refractivity contribution in [2.24, 2.45) is 0 Å². The molecule has 0 saturated heterocycles. The standard InChI is InChI=1S/C13H17F3N2O3S/c1-3-17-12(19)9-18(4-2)22(20,21)11-7-5-10(6-8-11)13(14,15)16/h5-8H,3-4,9H2,1-2H3,(H,17,19). The molecule has 0 aliphatic heterocycles. The number of hydrogen-bond donors (Lipinski definition) is 1. The van der Waals surface area contributed by atoms with Crippen LogP contribution in [0.4, 0.5) is 13.2 Å². The van der Waals surface area contributed by atoms with E-state index >= 15 is 0 Å². The largest absolute Gasteiger partial charge is 0.416 e. The summed E-state index contributed by atoms with van der Waals surface area (Å²) in [7, 11) is -4.02. The maximum atomic E-state index is 12.5. The Morgan fingerprint density at radius 1 is 1.18 bits per heavy atom. The Hall–Kier alpha value is -1.61. The fourth-order valence-electron chi connectivity index (χ4n) is 1.74. The summed E-state index contributed by atoms with van der Waals surface area (Å²) >= 11 is 0. The molecule has 0 aliphatic carbocycles. The summed E-state index contributed by atoms with van der Waals surface area (Å²) < 4.78 is 63.0. The van der Waals surface area contributed by atoms with Crippen molar-refractivity contribution in [1.29, 1.82) is 0 Å². The van der Waals surface area contributed by atoms with E-state index in [4.69, 9.17) is 0 Å². The number of amides is 1. The van der Waals surface area contributed by atoms with Crippen LogP contribution in [0.3, 0.4) is 0 Å². The third-order valence-corrected chi connectivity index (χ3v) is 4.80.